The summed E-state index contributed by atoms with van der Waals surface area (Å²) in [4.78, 5) is 23.6. The minimum atomic E-state index is -4.16. The van der Waals surface area contributed by atoms with Gasteiger partial charge >= 0.3 is 12.2 Å². The van der Waals surface area contributed by atoms with Crippen molar-refractivity contribution < 1.29 is 45.4 Å². The summed E-state index contributed by atoms with van der Waals surface area (Å²) in [7, 11) is -8.29. The van der Waals surface area contributed by atoms with Crippen molar-refractivity contribution in [2.75, 3.05) is 32.1 Å². The zero-order valence-corrected chi connectivity index (χ0v) is 26.2. The van der Waals surface area contributed by atoms with E-state index in [2.05, 4.69) is 10.6 Å². The molecule has 2 aromatic carbocycles. The van der Waals surface area contributed by atoms with Gasteiger partial charge in [0, 0.05) is 5.56 Å². The Hall–Kier alpha value is -3.52. The molecule has 0 aromatic heterocycles. The van der Waals surface area contributed by atoms with Crippen LogP contribution in [0.15, 0.2) is 52.3 Å². The van der Waals surface area contributed by atoms with E-state index in [1.165, 1.54) is 24.3 Å². The Morgan fingerprint density at radius 1 is 0.810 bits per heavy atom. The first kappa shape index (κ1) is 33.0. The van der Waals surface area contributed by atoms with Crippen LogP contribution >= 0.6 is 0 Å². The molecule has 0 fully saturated rings. The number of nitrogens with one attached hydrogen (secondary N) is 2. The standard InChI is InChI=1S/C28H38N2O10S2/c1-27(2,3)39-25(31)29-14-16-37-20-12-13-21(38-17-15-30-26(32)40-28(4,5)6)24-23(20)22(18-41(24,33)34)42(35,36)19-10-8-7-9-11-19/h7-13,22H,14-18H2,1-6H3,(H,29,31)(H,30,32). The van der Waals surface area contributed by atoms with E-state index in [1.807, 2.05) is 0 Å². The second-order valence-electron chi connectivity index (χ2n) is 11.5. The molecule has 0 bridgehead atoms. The average Bonchev–Trinajstić information content (AvgIpc) is 3.16. The molecular weight excluding hydrogens is 588 g/mol. The fourth-order valence-corrected chi connectivity index (χ4v) is 8.55. The molecular formula is C28H38N2O10S2. The molecule has 2 aromatic rings. The predicted molar refractivity (Wildman–Crippen MR) is 154 cm³/mol. The normalized spacial score (nSPS) is 16.2. The highest BCUT2D eigenvalue weighted by atomic mass is 32.2. The Morgan fingerprint density at radius 3 is 1.79 bits per heavy atom. The molecule has 1 atom stereocenters. The third-order valence-corrected chi connectivity index (χ3v) is 9.73. The second kappa shape index (κ2) is 12.8. The van der Waals surface area contributed by atoms with Crippen LogP contribution in [0.2, 0.25) is 0 Å². The van der Waals surface area contributed by atoms with E-state index in [9.17, 15) is 26.4 Å². The first-order chi connectivity index (χ1) is 19.4. The first-order valence-electron chi connectivity index (χ1n) is 13.3. The van der Waals surface area contributed by atoms with Gasteiger partial charge in [-0.15, -0.1) is 0 Å². The molecule has 2 N–H and O–H groups in total. The number of alkyl carbamates (subject to hydrolysis) is 2. The molecule has 0 spiro atoms. The van der Waals surface area contributed by atoms with Gasteiger partial charge in [-0.3, -0.25) is 0 Å². The van der Waals surface area contributed by atoms with Gasteiger partial charge in [0.2, 0.25) is 0 Å². The number of amides is 2. The third-order valence-electron chi connectivity index (χ3n) is 5.63. The molecule has 3 rings (SSSR count). The van der Waals surface area contributed by atoms with Crippen molar-refractivity contribution in [3.63, 3.8) is 0 Å². The van der Waals surface area contributed by atoms with Crippen molar-refractivity contribution in [3.05, 3.63) is 48.0 Å². The van der Waals surface area contributed by atoms with E-state index in [1.54, 1.807) is 59.7 Å². The first-order valence-corrected chi connectivity index (χ1v) is 16.5. The fourth-order valence-electron chi connectivity index (χ4n) is 4.07. The van der Waals surface area contributed by atoms with Gasteiger partial charge in [0.15, 0.2) is 19.7 Å². The number of sulfone groups is 2. The molecule has 2 amide bonds. The molecule has 232 valence electrons. The number of benzene rings is 2. The number of hydrogen-bond donors (Lipinski definition) is 2. The highest BCUT2D eigenvalue weighted by Crippen LogP contribution is 2.49. The van der Waals surface area contributed by atoms with Crippen LogP contribution in [-0.2, 0) is 29.1 Å². The molecule has 1 unspecified atom stereocenters. The zero-order chi connectivity index (χ0) is 31.3. The quantitative estimate of drug-likeness (QED) is 0.371. The minimum Gasteiger partial charge on any atom is -0.491 e. The summed E-state index contributed by atoms with van der Waals surface area (Å²) in [6, 6.07) is 10.3. The van der Waals surface area contributed by atoms with Crippen molar-refractivity contribution in [2.24, 2.45) is 0 Å². The largest absolute Gasteiger partial charge is 0.491 e. The van der Waals surface area contributed by atoms with Gasteiger partial charge < -0.3 is 29.6 Å². The van der Waals surface area contributed by atoms with Crippen molar-refractivity contribution in [1.82, 2.24) is 10.6 Å². The van der Waals surface area contributed by atoms with Crippen LogP contribution in [0.5, 0.6) is 11.5 Å². The van der Waals surface area contributed by atoms with Crippen LogP contribution in [0.25, 0.3) is 0 Å². The molecule has 0 saturated carbocycles. The number of carbonyl (C=O) groups is 2. The molecule has 1 aliphatic heterocycles. The monoisotopic (exact) mass is 626 g/mol. The SMILES string of the molecule is CC(C)(C)OC(=O)NCCOc1ccc(OCCNC(=O)OC(C)(C)C)c2c1C(S(=O)(=O)c1ccccc1)CS2(=O)=O. The van der Waals surface area contributed by atoms with Gasteiger partial charge in [-0.1, -0.05) is 18.2 Å². The van der Waals surface area contributed by atoms with Crippen molar-refractivity contribution in [1.29, 1.82) is 0 Å². The lowest BCUT2D eigenvalue weighted by Crippen LogP contribution is -2.34. The molecule has 14 heteroatoms. The van der Waals surface area contributed by atoms with E-state index in [0.717, 1.165) is 0 Å². The lowest BCUT2D eigenvalue weighted by Gasteiger charge is -2.20. The molecule has 12 nitrogen and oxygen atoms in total. The summed E-state index contributed by atoms with van der Waals surface area (Å²) in [5.41, 5.74) is -1.44. The van der Waals surface area contributed by atoms with Crippen LogP contribution in [0.4, 0.5) is 9.59 Å². The average molecular weight is 627 g/mol. The number of carbonyl (C=O) groups excluding carboxylic acids is 2. The van der Waals surface area contributed by atoms with E-state index in [0.29, 0.717) is 0 Å². The second-order valence-corrected chi connectivity index (χ2v) is 15.6. The summed E-state index contributed by atoms with van der Waals surface area (Å²) in [5, 5.41) is 3.60. The highest BCUT2D eigenvalue weighted by molar-refractivity contribution is 7.96. The Labute approximate surface area is 246 Å². The maximum atomic E-state index is 13.7. The summed E-state index contributed by atoms with van der Waals surface area (Å²) >= 11 is 0. The number of ether oxygens (including phenoxy) is 4. The Bertz CT molecular complexity index is 1490. The van der Waals surface area contributed by atoms with Crippen LogP contribution in [-0.4, -0.2) is 72.3 Å². The highest BCUT2D eigenvalue weighted by Gasteiger charge is 2.47. The molecule has 42 heavy (non-hydrogen) atoms. The molecule has 1 heterocycles. The van der Waals surface area contributed by atoms with Crippen molar-refractivity contribution in [3.8, 4) is 11.5 Å². The van der Waals surface area contributed by atoms with Gasteiger partial charge in [-0.25, -0.2) is 26.4 Å². The third kappa shape index (κ3) is 8.74. The summed E-state index contributed by atoms with van der Waals surface area (Å²) in [6.07, 6.45) is -1.33. The van der Waals surface area contributed by atoms with Crippen LogP contribution in [0.3, 0.4) is 0 Å². The van der Waals surface area contributed by atoms with Gasteiger partial charge in [-0.05, 0) is 65.8 Å². The van der Waals surface area contributed by atoms with Gasteiger partial charge in [-0.2, -0.15) is 0 Å². The maximum Gasteiger partial charge on any atom is 0.407 e. The van der Waals surface area contributed by atoms with Gasteiger partial charge in [0.05, 0.1) is 23.7 Å². The van der Waals surface area contributed by atoms with E-state index < -0.39 is 54.1 Å². The summed E-state index contributed by atoms with van der Waals surface area (Å²) in [5.74, 6) is -0.746. The predicted octanol–water partition coefficient (Wildman–Crippen LogP) is 3.80. The van der Waals surface area contributed by atoms with Crippen LogP contribution in [0.1, 0.15) is 52.4 Å². The zero-order valence-electron chi connectivity index (χ0n) is 24.6. The Morgan fingerprint density at radius 2 is 1.29 bits per heavy atom. The maximum absolute atomic E-state index is 13.7. The number of fused-ring (bicyclic) bond motifs is 1. The van der Waals surface area contributed by atoms with Gasteiger partial charge in [0.25, 0.3) is 0 Å². The van der Waals surface area contributed by atoms with Crippen LogP contribution < -0.4 is 20.1 Å². The topological polar surface area (TPSA) is 163 Å². The Kier molecular flexibility index (Phi) is 10.0. The summed E-state index contributed by atoms with van der Waals surface area (Å²) in [6.45, 7) is 10.1. The lowest BCUT2D eigenvalue weighted by molar-refractivity contribution is 0.0508. The minimum absolute atomic E-state index is 0.00403. The molecule has 1 aliphatic rings. The van der Waals surface area contributed by atoms with E-state index in [-0.39, 0.29) is 53.2 Å². The number of rotatable bonds is 10. The van der Waals surface area contributed by atoms with Crippen molar-refractivity contribution >= 4 is 31.9 Å². The number of hydrogen-bond acceptors (Lipinski definition) is 10. The van der Waals surface area contributed by atoms with E-state index in [4.69, 9.17) is 18.9 Å². The van der Waals surface area contributed by atoms with Crippen LogP contribution in [0, 0.1) is 0 Å². The smallest absolute Gasteiger partial charge is 0.407 e. The molecule has 0 saturated heterocycles. The fraction of sp³-hybridized carbons (Fsp3) is 0.500. The Balaban J connectivity index is 1.88. The lowest BCUT2D eigenvalue weighted by atomic mass is 10.1. The molecule has 0 radical (unpaired) electrons. The summed E-state index contributed by atoms with van der Waals surface area (Å²) < 4.78 is 76.0. The van der Waals surface area contributed by atoms with E-state index >= 15 is 0 Å². The van der Waals surface area contributed by atoms with Crippen molar-refractivity contribution in [2.45, 2.75) is 67.8 Å². The molecule has 0 aliphatic carbocycles. The van der Waals surface area contributed by atoms with Gasteiger partial charge in [0.1, 0.15) is 46.1 Å².